The third-order valence-corrected chi connectivity index (χ3v) is 5.21. The van der Waals surface area contributed by atoms with Crippen molar-refractivity contribution in [3.63, 3.8) is 0 Å². The second kappa shape index (κ2) is 7.74. The summed E-state index contributed by atoms with van der Waals surface area (Å²) < 4.78 is 10.7. The molecule has 24 heavy (non-hydrogen) atoms. The lowest BCUT2D eigenvalue weighted by molar-refractivity contribution is -0.309. The van der Waals surface area contributed by atoms with Gasteiger partial charge in [0, 0.05) is 12.3 Å². The number of rotatable bonds is 5. The van der Waals surface area contributed by atoms with Crippen LogP contribution >= 0.6 is 0 Å². The van der Waals surface area contributed by atoms with Gasteiger partial charge in [0.1, 0.15) is 30.2 Å². The van der Waals surface area contributed by atoms with Crippen LogP contribution in [0.5, 0.6) is 0 Å². The summed E-state index contributed by atoms with van der Waals surface area (Å²) in [6, 6.07) is 0. The Morgan fingerprint density at radius 1 is 1.21 bits per heavy atom. The van der Waals surface area contributed by atoms with Gasteiger partial charge in [0.15, 0.2) is 6.29 Å². The summed E-state index contributed by atoms with van der Waals surface area (Å²) in [5.74, 6) is -0.145. The van der Waals surface area contributed by atoms with Crippen LogP contribution in [0.4, 0.5) is 0 Å². The summed E-state index contributed by atoms with van der Waals surface area (Å²) in [6.07, 6.45) is -5.16. The highest BCUT2D eigenvalue weighted by Crippen LogP contribution is 2.34. The number of hydrogen-bond donors (Lipinski definition) is 5. The Morgan fingerprint density at radius 3 is 2.46 bits per heavy atom. The number of carbonyl (C=O) groups excluding carboxylic acids is 1. The van der Waals surface area contributed by atoms with Crippen LogP contribution in [0.1, 0.15) is 33.1 Å². The van der Waals surface area contributed by atoms with Crippen LogP contribution in [0.25, 0.3) is 0 Å². The van der Waals surface area contributed by atoms with Crippen molar-refractivity contribution in [2.75, 3.05) is 13.2 Å². The van der Waals surface area contributed by atoms with Crippen LogP contribution in [-0.4, -0.2) is 80.8 Å². The van der Waals surface area contributed by atoms with E-state index in [1.54, 1.807) is 6.92 Å². The minimum atomic E-state index is -1.53. The zero-order valence-corrected chi connectivity index (χ0v) is 14.0. The molecule has 0 amide bonds. The predicted octanol–water partition coefficient (Wildman–Crippen LogP) is -1.44. The fraction of sp³-hybridized carbons (Fsp3) is 0.938. The summed E-state index contributed by atoms with van der Waals surface area (Å²) in [7, 11) is 0. The topological polar surface area (TPSA) is 137 Å². The standard InChI is InChI=1S/C16H28O8/c1-8-3-4-9(5-10(8)18)16(2,22)7-23-15-14(21)13(20)12(19)11(6-17)24-15/h8-9,11-15,17,19-22H,3-7H2,1-2H3. The first-order valence-electron chi connectivity index (χ1n) is 8.34. The van der Waals surface area contributed by atoms with E-state index in [-0.39, 0.29) is 30.6 Å². The molecule has 5 N–H and O–H groups in total. The molecule has 0 bridgehead atoms. The van der Waals surface area contributed by atoms with Crippen molar-refractivity contribution in [2.45, 2.75) is 69.4 Å². The molecule has 2 fully saturated rings. The van der Waals surface area contributed by atoms with Crippen molar-refractivity contribution in [1.82, 2.24) is 0 Å². The molecule has 1 aliphatic carbocycles. The summed E-state index contributed by atoms with van der Waals surface area (Å²) in [4.78, 5) is 11.9. The Bertz CT molecular complexity index is 438. The Labute approximate surface area is 141 Å². The van der Waals surface area contributed by atoms with E-state index in [1.807, 2.05) is 6.92 Å². The first-order valence-corrected chi connectivity index (χ1v) is 8.34. The maximum Gasteiger partial charge on any atom is 0.186 e. The summed E-state index contributed by atoms with van der Waals surface area (Å²) in [5.41, 5.74) is -1.30. The van der Waals surface area contributed by atoms with Gasteiger partial charge in [-0.25, -0.2) is 0 Å². The molecular formula is C16H28O8. The number of hydrogen-bond acceptors (Lipinski definition) is 8. The molecule has 2 rings (SSSR count). The number of aliphatic hydroxyl groups is 5. The second-order valence-corrected chi connectivity index (χ2v) is 7.21. The monoisotopic (exact) mass is 348 g/mol. The Balaban J connectivity index is 1.94. The molecule has 8 atom stereocenters. The minimum Gasteiger partial charge on any atom is -0.394 e. The average molecular weight is 348 g/mol. The Morgan fingerprint density at radius 2 is 1.88 bits per heavy atom. The molecule has 0 radical (unpaired) electrons. The van der Waals surface area contributed by atoms with Gasteiger partial charge in [-0.3, -0.25) is 4.79 Å². The first kappa shape index (κ1) is 19.7. The second-order valence-electron chi connectivity index (χ2n) is 7.21. The third kappa shape index (κ3) is 4.13. The number of ketones is 1. The highest BCUT2D eigenvalue weighted by molar-refractivity contribution is 5.81. The molecule has 8 heteroatoms. The van der Waals surface area contributed by atoms with E-state index in [0.717, 1.165) is 0 Å². The molecular weight excluding hydrogens is 320 g/mol. The van der Waals surface area contributed by atoms with Gasteiger partial charge in [-0.05, 0) is 25.7 Å². The molecule has 140 valence electrons. The molecule has 0 aromatic rings. The van der Waals surface area contributed by atoms with E-state index in [2.05, 4.69) is 0 Å². The van der Waals surface area contributed by atoms with Crippen LogP contribution in [0.3, 0.4) is 0 Å². The lowest BCUT2D eigenvalue weighted by Crippen LogP contribution is -2.60. The SMILES string of the molecule is CC1CCC(C(C)(O)COC2OC(CO)C(O)C(O)C2O)CC1=O. The molecule has 0 aromatic carbocycles. The Kier molecular flexibility index (Phi) is 6.35. The number of Topliss-reactive ketones (excluding diaryl/α,β-unsaturated/α-hetero) is 1. The van der Waals surface area contributed by atoms with E-state index in [4.69, 9.17) is 14.6 Å². The van der Waals surface area contributed by atoms with Gasteiger partial charge in [-0.1, -0.05) is 6.92 Å². The molecule has 1 saturated heterocycles. The molecule has 1 heterocycles. The van der Waals surface area contributed by atoms with Crippen molar-refractivity contribution in [3.05, 3.63) is 0 Å². The zero-order chi connectivity index (χ0) is 18.1. The molecule has 1 aliphatic heterocycles. The number of aliphatic hydroxyl groups excluding tert-OH is 4. The highest BCUT2D eigenvalue weighted by atomic mass is 16.7. The van der Waals surface area contributed by atoms with Crippen LogP contribution < -0.4 is 0 Å². The fourth-order valence-electron chi connectivity index (χ4n) is 3.26. The van der Waals surface area contributed by atoms with Crippen LogP contribution in [0.15, 0.2) is 0 Å². The lowest BCUT2D eigenvalue weighted by Gasteiger charge is -2.42. The molecule has 2 aliphatic rings. The van der Waals surface area contributed by atoms with Gasteiger partial charge >= 0.3 is 0 Å². The van der Waals surface area contributed by atoms with Crippen LogP contribution in [-0.2, 0) is 14.3 Å². The molecule has 8 nitrogen and oxygen atoms in total. The van der Waals surface area contributed by atoms with Crippen LogP contribution in [0, 0.1) is 11.8 Å². The van der Waals surface area contributed by atoms with E-state index < -0.39 is 42.9 Å². The van der Waals surface area contributed by atoms with Crippen molar-refractivity contribution in [2.24, 2.45) is 11.8 Å². The first-order chi connectivity index (χ1) is 11.2. The molecule has 0 spiro atoms. The van der Waals surface area contributed by atoms with E-state index >= 15 is 0 Å². The van der Waals surface area contributed by atoms with Crippen LogP contribution in [0.2, 0.25) is 0 Å². The summed E-state index contributed by atoms with van der Waals surface area (Å²) in [6.45, 7) is 2.68. The minimum absolute atomic E-state index is 0.00316. The lowest BCUT2D eigenvalue weighted by atomic mass is 9.74. The molecule has 1 saturated carbocycles. The van der Waals surface area contributed by atoms with Crippen molar-refractivity contribution in [3.8, 4) is 0 Å². The quantitative estimate of drug-likeness (QED) is 0.407. The van der Waals surface area contributed by atoms with Gasteiger partial charge in [0.25, 0.3) is 0 Å². The predicted molar refractivity (Wildman–Crippen MR) is 81.9 cm³/mol. The zero-order valence-electron chi connectivity index (χ0n) is 14.0. The van der Waals surface area contributed by atoms with Gasteiger partial charge in [-0.15, -0.1) is 0 Å². The highest BCUT2D eigenvalue weighted by Gasteiger charge is 2.45. The van der Waals surface area contributed by atoms with E-state index in [0.29, 0.717) is 12.8 Å². The summed E-state index contributed by atoms with van der Waals surface area (Å²) >= 11 is 0. The average Bonchev–Trinajstić information content (AvgIpc) is 2.54. The molecule has 8 unspecified atom stereocenters. The maximum absolute atomic E-state index is 11.9. The van der Waals surface area contributed by atoms with Gasteiger partial charge in [0.05, 0.1) is 18.8 Å². The number of carbonyl (C=O) groups is 1. The van der Waals surface area contributed by atoms with Crippen molar-refractivity contribution >= 4 is 5.78 Å². The normalized spacial score (nSPS) is 43.5. The van der Waals surface area contributed by atoms with E-state index in [1.165, 1.54) is 0 Å². The van der Waals surface area contributed by atoms with E-state index in [9.17, 15) is 25.2 Å². The van der Waals surface area contributed by atoms with Crippen molar-refractivity contribution in [1.29, 1.82) is 0 Å². The van der Waals surface area contributed by atoms with Crippen molar-refractivity contribution < 1.29 is 39.8 Å². The van der Waals surface area contributed by atoms with Gasteiger partial charge < -0.3 is 35.0 Å². The largest absolute Gasteiger partial charge is 0.394 e. The fourth-order valence-corrected chi connectivity index (χ4v) is 3.26. The Hall–Kier alpha value is -0.610. The van der Waals surface area contributed by atoms with Gasteiger partial charge in [0.2, 0.25) is 0 Å². The maximum atomic E-state index is 11.9. The smallest absolute Gasteiger partial charge is 0.186 e. The summed E-state index contributed by atoms with van der Waals surface area (Å²) in [5, 5.41) is 49.2. The number of ether oxygens (including phenoxy) is 2. The molecule has 0 aromatic heterocycles. The van der Waals surface area contributed by atoms with Gasteiger partial charge in [-0.2, -0.15) is 0 Å². The third-order valence-electron chi connectivity index (χ3n) is 5.21.